The van der Waals surface area contributed by atoms with E-state index in [0.717, 1.165) is 19.3 Å². The van der Waals surface area contributed by atoms with E-state index in [1.54, 1.807) is 5.57 Å². The number of hydrogen-bond donors (Lipinski definition) is 2. The summed E-state index contributed by atoms with van der Waals surface area (Å²) in [6.07, 6.45) is 10.1. The van der Waals surface area contributed by atoms with Gasteiger partial charge in [0.05, 0.1) is 18.3 Å². The Bertz CT molecular complexity index is 863. The van der Waals surface area contributed by atoms with Gasteiger partial charge in [-0.3, -0.25) is 0 Å². The average Bonchev–Trinajstić information content (AvgIpc) is 2.75. The fourth-order valence-electron chi connectivity index (χ4n) is 11.2. The Morgan fingerprint density at radius 3 is 2.21 bits per heavy atom. The fourth-order valence-corrected chi connectivity index (χ4v) is 11.2. The zero-order chi connectivity index (χ0) is 25.1. The van der Waals surface area contributed by atoms with Crippen molar-refractivity contribution in [1.29, 1.82) is 0 Å². The van der Waals surface area contributed by atoms with E-state index in [9.17, 15) is 10.2 Å². The van der Waals surface area contributed by atoms with Gasteiger partial charge < -0.3 is 14.9 Å². The number of fused-ring (bicyclic) bond motifs is 7. The molecule has 0 heterocycles. The zero-order valence-corrected chi connectivity index (χ0v) is 23.4. The van der Waals surface area contributed by atoms with E-state index in [-0.39, 0.29) is 45.4 Å². The van der Waals surface area contributed by atoms with Crippen LogP contribution in [0.4, 0.5) is 0 Å². The van der Waals surface area contributed by atoms with Crippen LogP contribution in [0.5, 0.6) is 0 Å². The maximum atomic E-state index is 11.0. The van der Waals surface area contributed by atoms with Crippen LogP contribution in [-0.4, -0.2) is 35.6 Å². The monoisotopic (exact) mass is 472 g/mol. The number of aliphatic hydroxyl groups is 2. The smallest absolute Gasteiger partial charge is 0.0793 e. The van der Waals surface area contributed by atoms with Gasteiger partial charge in [-0.2, -0.15) is 0 Å². The standard InChI is InChI=1S/C31H52O3/c1-18-19(2)25-20-16-22(34-9)26-29(6)12-11-24(33)27(3,4)23(29)10-13-31(26,8)30(20,7)15-14-28(25,5)17-21(18)32/h16,18-19,21-26,32-33H,10-15,17H2,1-9H3/t18-,19-,21-,22+,23-,24+,25-,26+,28-,29-,30+,31+/m0/s1. The molecule has 0 unspecified atom stereocenters. The predicted molar refractivity (Wildman–Crippen MR) is 138 cm³/mol. The summed E-state index contributed by atoms with van der Waals surface area (Å²) < 4.78 is 6.44. The maximum absolute atomic E-state index is 11.0. The summed E-state index contributed by atoms with van der Waals surface area (Å²) in [5.74, 6) is 2.33. The van der Waals surface area contributed by atoms with Crippen molar-refractivity contribution >= 4 is 0 Å². The summed E-state index contributed by atoms with van der Waals surface area (Å²) >= 11 is 0. The third-order valence-electron chi connectivity index (χ3n) is 13.6. The first-order chi connectivity index (χ1) is 15.7. The molecular formula is C31H52O3. The summed E-state index contributed by atoms with van der Waals surface area (Å²) in [5.41, 5.74) is 2.31. The Balaban J connectivity index is 1.66. The summed E-state index contributed by atoms with van der Waals surface area (Å²) in [4.78, 5) is 0. The molecule has 0 aromatic heterocycles. The molecule has 4 fully saturated rings. The molecule has 0 saturated heterocycles. The quantitative estimate of drug-likeness (QED) is 0.422. The van der Waals surface area contributed by atoms with Crippen LogP contribution in [0, 0.1) is 56.7 Å². The predicted octanol–water partition coefficient (Wildman–Crippen LogP) is 6.62. The highest BCUT2D eigenvalue weighted by Gasteiger charge is 2.70. The molecule has 0 bridgehead atoms. The highest BCUT2D eigenvalue weighted by molar-refractivity contribution is 5.36. The molecule has 12 atom stereocenters. The normalized spacial score (nSPS) is 58.6. The van der Waals surface area contributed by atoms with Gasteiger partial charge in [0.15, 0.2) is 0 Å². The van der Waals surface area contributed by atoms with Crippen molar-refractivity contribution in [3.05, 3.63) is 11.6 Å². The Hall–Kier alpha value is -0.380. The van der Waals surface area contributed by atoms with Crippen LogP contribution in [0.25, 0.3) is 0 Å². The maximum Gasteiger partial charge on any atom is 0.0793 e. The number of allylic oxidation sites excluding steroid dienone is 1. The second kappa shape index (κ2) is 7.57. The van der Waals surface area contributed by atoms with E-state index >= 15 is 0 Å². The molecule has 5 aliphatic carbocycles. The Morgan fingerprint density at radius 2 is 1.56 bits per heavy atom. The van der Waals surface area contributed by atoms with E-state index in [4.69, 9.17) is 4.74 Å². The second-order valence-electron chi connectivity index (χ2n) is 15.1. The molecule has 0 amide bonds. The number of methoxy groups -OCH3 is 1. The Morgan fingerprint density at radius 1 is 0.882 bits per heavy atom. The molecule has 194 valence electrons. The van der Waals surface area contributed by atoms with E-state index in [1.807, 2.05) is 7.11 Å². The van der Waals surface area contributed by atoms with Gasteiger partial charge in [0.25, 0.3) is 0 Å². The van der Waals surface area contributed by atoms with Gasteiger partial charge in [0.1, 0.15) is 0 Å². The Labute approximate surface area is 209 Å². The first kappa shape index (κ1) is 25.3. The van der Waals surface area contributed by atoms with Crippen LogP contribution in [-0.2, 0) is 4.74 Å². The third kappa shape index (κ3) is 2.93. The number of rotatable bonds is 1. The van der Waals surface area contributed by atoms with Crippen molar-refractivity contribution < 1.29 is 14.9 Å². The molecule has 3 nitrogen and oxygen atoms in total. The van der Waals surface area contributed by atoms with Crippen LogP contribution >= 0.6 is 0 Å². The molecular weight excluding hydrogens is 420 g/mol. The van der Waals surface area contributed by atoms with Crippen LogP contribution in [0.1, 0.15) is 100 Å². The minimum Gasteiger partial charge on any atom is -0.393 e. The first-order valence-corrected chi connectivity index (χ1v) is 14.3. The summed E-state index contributed by atoms with van der Waals surface area (Å²) in [6, 6.07) is 0. The topological polar surface area (TPSA) is 49.7 Å². The lowest BCUT2D eigenvalue weighted by molar-refractivity contribution is -0.230. The Kier molecular flexibility index (Phi) is 5.63. The van der Waals surface area contributed by atoms with Crippen LogP contribution in [0.15, 0.2) is 11.6 Å². The molecule has 5 rings (SSSR count). The van der Waals surface area contributed by atoms with Crippen LogP contribution in [0.3, 0.4) is 0 Å². The van der Waals surface area contributed by atoms with Crippen molar-refractivity contribution in [2.75, 3.05) is 7.11 Å². The van der Waals surface area contributed by atoms with Gasteiger partial charge in [-0.1, -0.05) is 67.0 Å². The van der Waals surface area contributed by atoms with Gasteiger partial charge in [0.2, 0.25) is 0 Å². The molecule has 5 aliphatic rings. The van der Waals surface area contributed by atoms with E-state index in [0.29, 0.717) is 29.6 Å². The van der Waals surface area contributed by atoms with Crippen molar-refractivity contribution in [2.24, 2.45) is 56.7 Å². The highest BCUT2D eigenvalue weighted by atomic mass is 16.5. The van der Waals surface area contributed by atoms with Crippen molar-refractivity contribution in [1.82, 2.24) is 0 Å². The number of hydrogen-bond acceptors (Lipinski definition) is 3. The third-order valence-corrected chi connectivity index (χ3v) is 13.6. The number of ether oxygens (including phenoxy) is 1. The van der Waals surface area contributed by atoms with E-state index < -0.39 is 0 Å². The van der Waals surface area contributed by atoms with E-state index in [2.05, 4.69) is 61.5 Å². The molecule has 0 aliphatic heterocycles. The van der Waals surface area contributed by atoms with Gasteiger partial charge in [-0.05, 0) is 95.7 Å². The van der Waals surface area contributed by atoms with Crippen LogP contribution in [0.2, 0.25) is 0 Å². The molecule has 2 N–H and O–H groups in total. The van der Waals surface area contributed by atoms with Crippen molar-refractivity contribution in [2.45, 2.75) is 119 Å². The molecule has 0 spiro atoms. The highest BCUT2D eigenvalue weighted by Crippen LogP contribution is 2.75. The zero-order valence-electron chi connectivity index (χ0n) is 23.4. The van der Waals surface area contributed by atoms with E-state index in [1.165, 1.54) is 25.7 Å². The lowest BCUT2D eigenvalue weighted by Gasteiger charge is -2.72. The number of aliphatic hydroxyl groups excluding tert-OH is 2. The molecule has 34 heavy (non-hydrogen) atoms. The van der Waals surface area contributed by atoms with Gasteiger partial charge >= 0.3 is 0 Å². The summed E-state index contributed by atoms with van der Waals surface area (Å²) in [6.45, 7) is 19.5. The summed E-state index contributed by atoms with van der Waals surface area (Å²) in [5, 5.41) is 21.9. The molecule has 3 heteroatoms. The van der Waals surface area contributed by atoms with Crippen molar-refractivity contribution in [3.63, 3.8) is 0 Å². The SMILES string of the molecule is CO[C@@H]1C=C2[C@@H]3[C@@H](C)[C@H](C)[C@@H](O)C[C@]3(C)CC[C@@]2(C)[C@]2(C)CC[C@H]3C(C)(C)[C@H](O)CC[C@]3(C)[C@@H]12. The average molecular weight is 473 g/mol. The van der Waals surface area contributed by atoms with Gasteiger partial charge in [-0.15, -0.1) is 0 Å². The van der Waals surface area contributed by atoms with Crippen LogP contribution < -0.4 is 0 Å². The lowest BCUT2D eigenvalue weighted by atomic mass is 9.33. The van der Waals surface area contributed by atoms with Gasteiger partial charge in [-0.25, -0.2) is 0 Å². The fraction of sp³-hybridized carbons (Fsp3) is 0.935. The largest absolute Gasteiger partial charge is 0.393 e. The molecule has 0 radical (unpaired) electrons. The first-order valence-electron chi connectivity index (χ1n) is 14.3. The second-order valence-corrected chi connectivity index (χ2v) is 15.1. The summed E-state index contributed by atoms with van der Waals surface area (Å²) in [7, 11) is 1.93. The molecule has 4 saturated carbocycles. The lowest BCUT2D eigenvalue weighted by Crippen LogP contribution is -2.68. The van der Waals surface area contributed by atoms with Crippen molar-refractivity contribution in [3.8, 4) is 0 Å². The molecule has 0 aromatic rings. The molecule has 0 aromatic carbocycles. The minimum atomic E-state index is -0.201. The minimum absolute atomic E-state index is 0.0495. The van der Waals surface area contributed by atoms with Gasteiger partial charge in [0, 0.05) is 13.0 Å².